The number of hydrogen-bond acceptors (Lipinski definition) is 3. The molecule has 0 saturated heterocycles. The Hall–Kier alpha value is -2.27. The lowest BCUT2D eigenvalue weighted by molar-refractivity contribution is -0.116. The zero-order chi connectivity index (χ0) is 16.9. The van der Waals surface area contributed by atoms with Crippen LogP contribution in [0.1, 0.15) is 24.5 Å². The minimum absolute atomic E-state index is 0.00396. The number of amides is 2. The fourth-order valence-electron chi connectivity index (χ4n) is 2.58. The van der Waals surface area contributed by atoms with E-state index in [1.165, 1.54) is 5.56 Å². The van der Waals surface area contributed by atoms with Crippen molar-refractivity contribution in [2.24, 2.45) is 0 Å². The van der Waals surface area contributed by atoms with Gasteiger partial charge in [0.2, 0.25) is 11.8 Å². The third-order valence-corrected chi connectivity index (χ3v) is 5.19. The third kappa shape index (κ3) is 4.17. The summed E-state index contributed by atoms with van der Waals surface area (Å²) in [6, 6.07) is 15.8. The number of anilines is 2. The largest absolute Gasteiger partial charge is 0.326 e. The lowest BCUT2D eigenvalue weighted by Crippen LogP contribution is -2.23. The molecular formula is C19H20N2O2S. The predicted octanol–water partition coefficient (Wildman–Crippen LogP) is 3.83. The van der Waals surface area contributed by atoms with Crippen LogP contribution in [-0.4, -0.2) is 17.1 Å². The van der Waals surface area contributed by atoms with Crippen molar-refractivity contribution >= 4 is 35.0 Å². The highest BCUT2D eigenvalue weighted by molar-refractivity contribution is 7.99. The van der Waals surface area contributed by atoms with Gasteiger partial charge in [0, 0.05) is 23.5 Å². The molecular weight excluding hydrogens is 320 g/mol. The molecule has 3 rings (SSSR count). The maximum Gasteiger partial charge on any atom is 0.237 e. The van der Waals surface area contributed by atoms with Crippen LogP contribution >= 0.6 is 11.8 Å². The minimum Gasteiger partial charge on any atom is -0.326 e. The van der Waals surface area contributed by atoms with Crippen molar-refractivity contribution in [3.8, 4) is 0 Å². The SMILES string of the molecule is CC(SCc1ccccc1)C(=O)Nc1ccc2c(c1)CCC(=O)N2. The van der Waals surface area contributed by atoms with Crippen LogP contribution < -0.4 is 10.6 Å². The van der Waals surface area contributed by atoms with Crippen molar-refractivity contribution in [1.82, 2.24) is 0 Å². The van der Waals surface area contributed by atoms with Gasteiger partial charge in [0.15, 0.2) is 0 Å². The Morgan fingerprint density at radius 3 is 2.79 bits per heavy atom. The topological polar surface area (TPSA) is 58.2 Å². The highest BCUT2D eigenvalue weighted by Crippen LogP contribution is 2.26. The average molecular weight is 340 g/mol. The van der Waals surface area contributed by atoms with Crippen molar-refractivity contribution < 1.29 is 9.59 Å². The van der Waals surface area contributed by atoms with Gasteiger partial charge in [-0.1, -0.05) is 30.3 Å². The molecule has 4 nitrogen and oxygen atoms in total. The average Bonchev–Trinajstić information content (AvgIpc) is 2.60. The molecule has 0 fully saturated rings. The van der Waals surface area contributed by atoms with Gasteiger partial charge in [-0.2, -0.15) is 0 Å². The molecule has 1 atom stereocenters. The Labute approximate surface area is 146 Å². The first-order valence-electron chi connectivity index (χ1n) is 8.01. The normalized spacial score (nSPS) is 14.5. The molecule has 0 bridgehead atoms. The molecule has 2 N–H and O–H groups in total. The molecule has 2 aromatic rings. The van der Waals surface area contributed by atoms with Crippen LogP contribution in [0.4, 0.5) is 11.4 Å². The second-order valence-corrected chi connectivity index (χ2v) is 7.18. The summed E-state index contributed by atoms with van der Waals surface area (Å²) in [5.74, 6) is 0.854. The number of nitrogens with one attached hydrogen (secondary N) is 2. The van der Waals surface area contributed by atoms with E-state index in [1.54, 1.807) is 11.8 Å². The van der Waals surface area contributed by atoms with Crippen molar-refractivity contribution in [2.45, 2.75) is 30.8 Å². The van der Waals surface area contributed by atoms with Crippen LogP contribution in [0.15, 0.2) is 48.5 Å². The molecule has 1 unspecified atom stereocenters. The molecule has 5 heteroatoms. The third-order valence-electron chi connectivity index (χ3n) is 3.98. The van der Waals surface area contributed by atoms with Gasteiger partial charge >= 0.3 is 0 Å². The Kier molecular flexibility index (Phi) is 5.20. The second-order valence-electron chi connectivity index (χ2n) is 5.85. The molecule has 1 aliphatic rings. The summed E-state index contributed by atoms with van der Waals surface area (Å²) in [7, 11) is 0. The lowest BCUT2D eigenvalue weighted by atomic mass is 10.0. The van der Waals surface area contributed by atoms with E-state index < -0.39 is 0 Å². The van der Waals surface area contributed by atoms with Gasteiger partial charge in [0.1, 0.15) is 0 Å². The van der Waals surface area contributed by atoms with Gasteiger partial charge in [-0.15, -0.1) is 11.8 Å². The van der Waals surface area contributed by atoms with E-state index >= 15 is 0 Å². The monoisotopic (exact) mass is 340 g/mol. The number of carbonyl (C=O) groups is 2. The molecule has 0 spiro atoms. The summed E-state index contributed by atoms with van der Waals surface area (Å²) < 4.78 is 0. The molecule has 0 saturated carbocycles. The molecule has 2 aromatic carbocycles. The predicted molar refractivity (Wildman–Crippen MR) is 99.2 cm³/mol. The number of thioether (sulfide) groups is 1. The van der Waals surface area contributed by atoms with Crippen molar-refractivity contribution in [2.75, 3.05) is 10.6 Å². The molecule has 1 heterocycles. The van der Waals surface area contributed by atoms with Crippen LogP contribution in [0.5, 0.6) is 0 Å². The fourth-order valence-corrected chi connectivity index (χ4v) is 3.42. The van der Waals surface area contributed by atoms with Crippen LogP contribution in [0.2, 0.25) is 0 Å². The molecule has 1 aliphatic heterocycles. The first-order valence-corrected chi connectivity index (χ1v) is 9.06. The number of aryl methyl sites for hydroxylation is 1. The molecule has 124 valence electrons. The Bertz CT molecular complexity index is 746. The summed E-state index contributed by atoms with van der Waals surface area (Å²) in [6.45, 7) is 1.92. The maximum absolute atomic E-state index is 12.4. The summed E-state index contributed by atoms with van der Waals surface area (Å²) >= 11 is 1.62. The smallest absolute Gasteiger partial charge is 0.237 e. The molecule has 24 heavy (non-hydrogen) atoms. The molecule has 0 aliphatic carbocycles. The van der Waals surface area contributed by atoms with Gasteiger partial charge in [0.25, 0.3) is 0 Å². The van der Waals surface area contributed by atoms with Crippen LogP contribution in [0, 0.1) is 0 Å². The summed E-state index contributed by atoms with van der Waals surface area (Å²) in [6.07, 6.45) is 1.21. The van der Waals surface area contributed by atoms with E-state index in [9.17, 15) is 9.59 Å². The standard InChI is InChI=1S/C19H20N2O2S/c1-13(24-12-14-5-3-2-4-6-14)19(23)20-16-8-9-17-15(11-16)7-10-18(22)21-17/h2-6,8-9,11,13H,7,10,12H2,1H3,(H,20,23)(H,21,22). The van der Waals surface area contributed by atoms with Gasteiger partial charge in [0.05, 0.1) is 5.25 Å². The van der Waals surface area contributed by atoms with Gasteiger partial charge in [-0.05, 0) is 42.7 Å². The summed E-state index contributed by atoms with van der Waals surface area (Å²) in [5, 5.41) is 5.67. The number of benzene rings is 2. The highest BCUT2D eigenvalue weighted by Gasteiger charge is 2.17. The maximum atomic E-state index is 12.4. The van der Waals surface area contributed by atoms with Crippen molar-refractivity contribution in [3.05, 3.63) is 59.7 Å². The number of fused-ring (bicyclic) bond motifs is 1. The van der Waals surface area contributed by atoms with Gasteiger partial charge in [-0.25, -0.2) is 0 Å². The highest BCUT2D eigenvalue weighted by atomic mass is 32.2. The number of hydrogen-bond donors (Lipinski definition) is 2. The van der Waals surface area contributed by atoms with E-state index in [0.717, 1.165) is 22.7 Å². The van der Waals surface area contributed by atoms with E-state index in [4.69, 9.17) is 0 Å². The fraction of sp³-hybridized carbons (Fsp3) is 0.263. The Morgan fingerprint density at radius 1 is 1.21 bits per heavy atom. The number of rotatable bonds is 5. The second kappa shape index (κ2) is 7.53. The molecule has 2 amide bonds. The quantitative estimate of drug-likeness (QED) is 0.870. The summed E-state index contributed by atoms with van der Waals surface area (Å²) in [5.41, 5.74) is 3.90. The van der Waals surface area contributed by atoms with Crippen LogP contribution in [0.3, 0.4) is 0 Å². The zero-order valence-corrected chi connectivity index (χ0v) is 14.4. The van der Waals surface area contributed by atoms with Crippen LogP contribution in [0.25, 0.3) is 0 Å². The van der Waals surface area contributed by atoms with Gasteiger partial charge in [-0.3, -0.25) is 9.59 Å². The van der Waals surface area contributed by atoms with Crippen LogP contribution in [-0.2, 0) is 21.8 Å². The zero-order valence-electron chi connectivity index (χ0n) is 13.5. The van der Waals surface area contributed by atoms with E-state index in [2.05, 4.69) is 22.8 Å². The first kappa shape index (κ1) is 16.6. The minimum atomic E-state index is -0.138. The Morgan fingerprint density at radius 2 is 2.00 bits per heavy atom. The van der Waals surface area contributed by atoms with E-state index in [0.29, 0.717) is 12.8 Å². The van der Waals surface area contributed by atoms with Crippen molar-refractivity contribution in [3.63, 3.8) is 0 Å². The molecule has 0 aromatic heterocycles. The lowest BCUT2D eigenvalue weighted by Gasteiger charge is -2.18. The first-order chi connectivity index (χ1) is 11.6. The number of carbonyl (C=O) groups excluding carboxylic acids is 2. The molecule has 0 radical (unpaired) electrons. The van der Waals surface area contributed by atoms with Gasteiger partial charge < -0.3 is 10.6 Å². The summed E-state index contributed by atoms with van der Waals surface area (Å²) in [4.78, 5) is 23.7. The van der Waals surface area contributed by atoms with Crippen molar-refractivity contribution in [1.29, 1.82) is 0 Å². The Balaban J connectivity index is 1.57. The van der Waals surface area contributed by atoms with E-state index in [-0.39, 0.29) is 17.1 Å². The van der Waals surface area contributed by atoms with E-state index in [1.807, 2.05) is 43.3 Å².